The highest BCUT2D eigenvalue weighted by molar-refractivity contribution is 5.74. The number of benzene rings is 2. The van der Waals surface area contributed by atoms with Crippen LogP contribution in [0.1, 0.15) is 16.7 Å². The van der Waals surface area contributed by atoms with Gasteiger partial charge in [-0.1, -0.05) is 54.6 Å². The number of carbonyl (C=O) groups is 1. The molecule has 4 rings (SSSR count). The van der Waals surface area contributed by atoms with Crippen molar-refractivity contribution in [3.63, 3.8) is 0 Å². The SMILES string of the molecule is O=C(NCc1cccc(Cn2ccnc2)c1)N1CCN(Cc2ccccc2)CC1. The van der Waals surface area contributed by atoms with Gasteiger partial charge in [-0.15, -0.1) is 0 Å². The molecule has 0 unspecified atom stereocenters. The Morgan fingerprint density at radius 1 is 0.897 bits per heavy atom. The smallest absolute Gasteiger partial charge is 0.317 e. The van der Waals surface area contributed by atoms with Gasteiger partial charge >= 0.3 is 6.03 Å². The van der Waals surface area contributed by atoms with Gasteiger partial charge in [-0.25, -0.2) is 9.78 Å². The van der Waals surface area contributed by atoms with Gasteiger partial charge < -0.3 is 14.8 Å². The zero-order chi connectivity index (χ0) is 19.9. The van der Waals surface area contributed by atoms with Crippen molar-refractivity contribution in [2.24, 2.45) is 0 Å². The fraction of sp³-hybridized carbons (Fsp3) is 0.304. The van der Waals surface area contributed by atoms with E-state index < -0.39 is 0 Å². The molecule has 3 aromatic rings. The largest absolute Gasteiger partial charge is 0.334 e. The molecular formula is C23H27N5O. The fourth-order valence-corrected chi connectivity index (χ4v) is 3.67. The Hall–Kier alpha value is -3.12. The van der Waals surface area contributed by atoms with E-state index in [0.717, 1.165) is 44.8 Å². The van der Waals surface area contributed by atoms with Gasteiger partial charge in [-0.3, -0.25) is 4.90 Å². The molecule has 6 heteroatoms. The molecular weight excluding hydrogens is 362 g/mol. The minimum absolute atomic E-state index is 0.0179. The van der Waals surface area contributed by atoms with Crippen molar-refractivity contribution in [1.82, 2.24) is 24.7 Å². The van der Waals surface area contributed by atoms with E-state index in [1.807, 2.05) is 34.1 Å². The maximum absolute atomic E-state index is 12.6. The van der Waals surface area contributed by atoms with Gasteiger partial charge in [0.25, 0.3) is 0 Å². The van der Waals surface area contributed by atoms with E-state index in [1.165, 1.54) is 11.1 Å². The second-order valence-corrected chi connectivity index (χ2v) is 7.46. The molecule has 1 aliphatic heterocycles. The molecule has 6 nitrogen and oxygen atoms in total. The van der Waals surface area contributed by atoms with Crippen LogP contribution in [-0.4, -0.2) is 51.6 Å². The van der Waals surface area contributed by atoms with Gasteiger partial charge in [0.1, 0.15) is 0 Å². The van der Waals surface area contributed by atoms with Crippen LogP contribution in [0.3, 0.4) is 0 Å². The quantitative estimate of drug-likeness (QED) is 0.705. The van der Waals surface area contributed by atoms with Crippen LogP contribution < -0.4 is 5.32 Å². The van der Waals surface area contributed by atoms with Crippen LogP contribution in [0.5, 0.6) is 0 Å². The number of aromatic nitrogens is 2. The Morgan fingerprint density at radius 3 is 2.41 bits per heavy atom. The third kappa shape index (κ3) is 5.45. The van der Waals surface area contributed by atoms with Gasteiger partial charge in [0.15, 0.2) is 0 Å². The van der Waals surface area contributed by atoms with Gasteiger partial charge in [-0.2, -0.15) is 0 Å². The molecule has 2 amide bonds. The zero-order valence-corrected chi connectivity index (χ0v) is 16.6. The number of hydrogen-bond donors (Lipinski definition) is 1. The molecule has 0 aliphatic carbocycles. The molecule has 1 aromatic heterocycles. The van der Waals surface area contributed by atoms with Crippen LogP contribution in [0, 0.1) is 0 Å². The lowest BCUT2D eigenvalue weighted by Gasteiger charge is -2.34. The second-order valence-electron chi connectivity index (χ2n) is 7.46. The summed E-state index contributed by atoms with van der Waals surface area (Å²) in [5.41, 5.74) is 3.63. The van der Waals surface area contributed by atoms with Crippen LogP contribution in [0.15, 0.2) is 73.3 Å². The highest BCUT2D eigenvalue weighted by Crippen LogP contribution is 2.10. The highest BCUT2D eigenvalue weighted by atomic mass is 16.2. The number of amides is 2. The number of rotatable bonds is 6. The van der Waals surface area contributed by atoms with Crippen LogP contribution >= 0.6 is 0 Å². The molecule has 1 N–H and O–H groups in total. The average molecular weight is 390 g/mol. The van der Waals surface area contributed by atoms with Crippen molar-refractivity contribution in [1.29, 1.82) is 0 Å². The summed E-state index contributed by atoms with van der Waals surface area (Å²) in [6.45, 7) is 5.61. The van der Waals surface area contributed by atoms with Gasteiger partial charge in [0, 0.05) is 58.2 Å². The molecule has 0 atom stereocenters. The van der Waals surface area contributed by atoms with Gasteiger partial charge in [0.05, 0.1) is 6.33 Å². The van der Waals surface area contributed by atoms with Crippen molar-refractivity contribution in [3.05, 3.63) is 90.0 Å². The predicted molar refractivity (Wildman–Crippen MR) is 113 cm³/mol. The summed E-state index contributed by atoms with van der Waals surface area (Å²) in [5, 5.41) is 3.07. The molecule has 1 saturated heterocycles. The monoisotopic (exact) mass is 389 g/mol. The van der Waals surface area contributed by atoms with Crippen LogP contribution in [0.4, 0.5) is 4.79 Å². The maximum atomic E-state index is 12.6. The first-order chi connectivity index (χ1) is 14.3. The third-order valence-electron chi connectivity index (χ3n) is 5.27. The summed E-state index contributed by atoms with van der Waals surface area (Å²) >= 11 is 0. The lowest BCUT2D eigenvalue weighted by Crippen LogP contribution is -2.51. The standard InChI is InChI=1S/C23H27N5O/c29-23(28-13-11-26(12-14-28)17-20-5-2-1-3-6-20)25-16-21-7-4-8-22(15-21)18-27-10-9-24-19-27/h1-10,15,19H,11-14,16-18H2,(H,25,29). The summed E-state index contributed by atoms with van der Waals surface area (Å²) in [4.78, 5) is 21.0. The number of nitrogens with zero attached hydrogens (tertiary/aromatic N) is 4. The molecule has 2 heterocycles. The Labute approximate surface area is 171 Å². The first-order valence-electron chi connectivity index (χ1n) is 10.1. The zero-order valence-electron chi connectivity index (χ0n) is 16.6. The van der Waals surface area contributed by atoms with Crippen LogP contribution in [-0.2, 0) is 19.6 Å². The van der Waals surface area contributed by atoms with Crippen LogP contribution in [0.25, 0.3) is 0 Å². The minimum atomic E-state index is 0.0179. The van der Waals surface area contributed by atoms with Crippen molar-refractivity contribution < 1.29 is 4.79 Å². The molecule has 1 aliphatic rings. The van der Waals surface area contributed by atoms with E-state index in [4.69, 9.17) is 0 Å². The topological polar surface area (TPSA) is 53.4 Å². The number of urea groups is 1. The number of hydrogen-bond acceptors (Lipinski definition) is 3. The van der Waals surface area contributed by atoms with E-state index in [2.05, 4.69) is 57.7 Å². The van der Waals surface area contributed by atoms with Crippen molar-refractivity contribution >= 4 is 6.03 Å². The highest BCUT2D eigenvalue weighted by Gasteiger charge is 2.20. The molecule has 1 fully saturated rings. The number of piperazine rings is 1. The second kappa shape index (κ2) is 9.39. The van der Waals surface area contributed by atoms with Crippen molar-refractivity contribution in [2.75, 3.05) is 26.2 Å². The third-order valence-corrected chi connectivity index (χ3v) is 5.27. The lowest BCUT2D eigenvalue weighted by molar-refractivity contribution is 0.135. The number of carbonyl (C=O) groups excluding carboxylic acids is 1. The van der Waals surface area contributed by atoms with E-state index >= 15 is 0 Å². The Balaban J connectivity index is 1.23. The summed E-state index contributed by atoms with van der Waals surface area (Å²) in [7, 11) is 0. The molecule has 29 heavy (non-hydrogen) atoms. The van der Waals surface area contributed by atoms with E-state index in [0.29, 0.717) is 6.54 Å². The van der Waals surface area contributed by atoms with Crippen molar-refractivity contribution in [2.45, 2.75) is 19.6 Å². The van der Waals surface area contributed by atoms with Gasteiger partial charge in [0.2, 0.25) is 0 Å². The molecule has 0 saturated carbocycles. The van der Waals surface area contributed by atoms with E-state index in [-0.39, 0.29) is 6.03 Å². The first-order valence-corrected chi connectivity index (χ1v) is 10.1. The molecule has 0 radical (unpaired) electrons. The summed E-state index contributed by atoms with van der Waals surface area (Å²) in [6.07, 6.45) is 5.54. The maximum Gasteiger partial charge on any atom is 0.317 e. The first kappa shape index (κ1) is 19.2. The van der Waals surface area contributed by atoms with Gasteiger partial charge in [-0.05, 0) is 16.7 Å². The molecule has 2 aromatic carbocycles. The Bertz CT molecular complexity index is 902. The summed E-state index contributed by atoms with van der Waals surface area (Å²) < 4.78 is 2.03. The van der Waals surface area contributed by atoms with Crippen LogP contribution in [0.2, 0.25) is 0 Å². The minimum Gasteiger partial charge on any atom is -0.334 e. The number of imidazole rings is 1. The fourth-order valence-electron chi connectivity index (χ4n) is 3.67. The number of nitrogens with one attached hydrogen (secondary N) is 1. The lowest BCUT2D eigenvalue weighted by atomic mass is 10.1. The van der Waals surface area contributed by atoms with E-state index in [1.54, 1.807) is 6.20 Å². The molecule has 0 bridgehead atoms. The average Bonchev–Trinajstić information content (AvgIpc) is 3.27. The predicted octanol–water partition coefficient (Wildman–Crippen LogP) is 2.96. The summed E-state index contributed by atoms with van der Waals surface area (Å²) in [5.74, 6) is 0. The summed E-state index contributed by atoms with van der Waals surface area (Å²) in [6, 6.07) is 18.8. The molecule has 0 spiro atoms. The van der Waals surface area contributed by atoms with Crippen molar-refractivity contribution in [3.8, 4) is 0 Å². The molecule has 150 valence electrons. The van der Waals surface area contributed by atoms with E-state index in [9.17, 15) is 4.79 Å². The Morgan fingerprint density at radius 2 is 1.66 bits per heavy atom. The Kier molecular flexibility index (Phi) is 6.22. The normalized spacial score (nSPS) is 14.7.